The summed E-state index contributed by atoms with van der Waals surface area (Å²) in [6, 6.07) is 8.30. The van der Waals surface area contributed by atoms with Gasteiger partial charge in [0.25, 0.3) is 0 Å². The maximum Gasteiger partial charge on any atom is 0.246 e. The molecule has 0 saturated carbocycles. The van der Waals surface area contributed by atoms with Crippen molar-refractivity contribution in [3.05, 3.63) is 35.9 Å². The molecule has 1 saturated heterocycles. The topological polar surface area (TPSA) is 191 Å². The van der Waals surface area contributed by atoms with Crippen molar-refractivity contribution < 1.29 is 25.3 Å². The number of nitrogens with two attached hydrogens (primary N) is 1. The fourth-order valence-corrected chi connectivity index (χ4v) is 4.23. The first-order chi connectivity index (χ1) is 14.8. The molecule has 33 heavy (non-hydrogen) atoms. The van der Waals surface area contributed by atoms with E-state index in [9.17, 15) is 14.4 Å². The minimum absolute atomic E-state index is 0. The molecular weight excluding hydrogens is 441 g/mol. The summed E-state index contributed by atoms with van der Waals surface area (Å²) in [6.07, 6.45) is 4.71. The zero-order valence-electron chi connectivity index (χ0n) is 19.1. The van der Waals surface area contributed by atoms with Crippen molar-refractivity contribution in [1.29, 1.82) is 5.41 Å². The SMILES string of the molecule is CC(=O)N[C@H](Cc1ccccc1)C(=O)N1CCC[C@H]1C(=O)N[C@H]([Al])CCCCC(=N)N.O.O. The summed E-state index contributed by atoms with van der Waals surface area (Å²) in [7, 11) is 0. The van der Waals surface area contributed by atoms with Crippen molar-refractivity contribution in [2.45, 2.75) is 68.9 Å². The normalized spacial score (nSPS) is 16.5. The highest BCUT2D eigenvalue weighted by atomic mass is 27.0. The summed E-state index contributed by atoms with van der Waals surface area (Å²) in [5, 5.41) is 13.0. The highest BCUT2D eigenvalue weighted by Crippen LogP contribution is 2.20. The van der Waals surface area contributed by atoms with Gasteiger partial charge >= 0.3 is 0 Å². The van der Waals surface area contributed by atoms with E-state index in [4.69, 9.17) is 11.1 Å². The molecule has 9 N–H and O–H groups in total. The molecule has 1 aromatic rings. The van der Waals surface area contributed by atoms with E-state index in [1.54, 1.807) is 4.90 Å². The molecule has 0 bridgehead atoms. The first-order valence-electron chi connectivity index (χ1n) is 10.8. The lowest BCUT2D eigenvalue weighted by molar-refractivity contribution is -0.141. The largest absolute Gasteiger partial charge is 0.412 e. The molecule has 2 radical (unpaired) electrons. The van der Waals surface area contributed by atoms with Gasteiger partial charge in [-0.1, -0.05) is 36.8 Å². The number of nitrogens with zero attached hydrogens (tertiary/aromatic N) is 1. The number of carbonyl (C=O) groups is 3. The predicted octanol–water partition coefficient (Wildman–Crippen LogP) is -0.817. The molecule has 1 aliphatic heterocycles. The van der Waals surface area contributed by atoms with E-state index in [2.05, 4.69) is 26.9 Å². The molecule has 10 nitrogen and oxygen atoms in total. The molecule has 1 heterocycles. The van der Waals surface area contributed by atoms with Crippen LogP contribution in [0.15, 0.2) is 30.3 Å². The first kappa shape index (κ1) is 30.6. The van der Waals surface area contributed by atoms with E-state index < -0.39 is 12.1 Å². The Bertz CT molecular complexity index is 780. The lowest BCUT2D eigenvalue weighted by atomic mass is 10.0. The number of amidine groups is 1. The quantitative estimate of drug-likeness (QED) is 0.140. The number of rotatable bonds is 11. The molecule has 1 aromatic carbocycles. The maximum atomic E-state index is 13.3. The van der Waals surface area contributed by atoms with E-state index in [0.717, 1.165) is 31.2 Å². The second-order valence-corrected chi connectivity index (χ2v) is 8.82. The van der Waals surface area contributed by atoms with Crippen molar-refractivity contribution in [3.8, 4) is 0 Å². The Kier molecular flexibility index (Phi) is 14.3. The van der Waals surface area contributed by atoms with Crippen LogP contribution in [-0.2, 0) is 20.8 Å². The summed E-state index contributed by atoms with van der Waals surface area (Å²) >= 11 is 2.63. The van der Waals surface area contributed by atoms with Crippen LogP contribution in [0.1, 0.15) is 51.0 Å². The van der Waals surface area contributed by atoms with Gasteiger partial charge in [-0.2, -0.15) is 0 Å². The van der Waals surface area contributed by atoms with Gasteiger partial charge in [0, 0.05) is 26.3 Å². The Balaban J connectivity index is 0.00000512. The number of carbonyl (C=O) groups excluding carboxylic acids is 3. The van der Waals surface area contributed by atoms with Crippen molar-refractivity contribution >= 4 is 39.8 Å². The molecule has 0 aliphatic carbocycles. The zero-order valence-corrected chi connectivity index (χ0v) is 20.3. The Morgan fingerprint density at radius 3 is 2.45 bits per heavy atom. The fraction of sp³-hybridized carbons (Fsp3) is 0.545. The number of nitrogens with one attached hydrogen (secondary N) is 3. The third kappa shape index (κ3) is 10.4. The Labute approximate surface area is 203 Å². The smallest absolute Gasteiger partial charge is 0.246 e. The van der Waals surface area contributed by atoms with Gasteiger partial charge in [0.1, 0.15) is 12.1 Å². The van der Waals surface area contributed by atoms with Crippen LogP contribution in [0.5, 0.6) is 0 Å². The van der Waals surface area contributed by atoms with Crippen LogP contribution in [0.3, 0.4) is 0 Å². The third-order valence-corrected chi connectivity index (χ3v) is 5.84. The lowest BCUT2D eigenvalue weighted by Gasteiger charge is -2.29. The Morgan fingerprint density at radius 1 is 1.18 bits per heavy atom. The molecule has 11 heteroatoms. The van der Waals surface area contributed by atoms with Gasteiger partial charge in [-0.15, -0.1) is 0 Å². The lowest BCUT2D eigenvalue weighted by Crippen LogP contribution is -2.55. The van der Waals surface area contributed by atoms with Crippen LogP contribution in [0, 0.1) is 5.41 Å². The molecule has 0 unspecified atom stereocenters. The van der Waals surface area contributed by atoms with Gasteiger partial charge in [0.15, 0.2) is 16.3 Å². The average molecular weight is 478 g/mol. The van der Waals surface area contributed by atoms with Gasteiger partial charge in [-0.3, -0.25) is 19.8 Å². The second kappa shape index (κ2) is 15.4. The molecule has 0 aromatic heterocycles. The fourth-order valence-electron chi connectivity index (χ4n) is 3.83. The van der Waals surface area contributed by atoms with Gasteiger partial charge in [0.2, 0.25) is 17.7 Å². The molecule has 3 amide bonds. The first-order valence-corrected chi connectivity index (χ1v) is 11.4. The van der Waals surface area contributed by atoms with Gasteiger partial charge in [-0.05, 0) is 36.2 Å². The van der Waals surface area contributed by atoms with Crippen molar-refractivity contribution in [3.63, 3.8) is 0 Å². The number of likely N-dealkylation sites (tertiary alicyclic amines) is 1. The van der Waals surface area contributed by atoms with Crippen LogP contribution >= 0.6 is 0 Å². The van der Waals surface area contributed by atoms with Crippen LogP contribution in [0.25, 0.3) is 0 Å². The average Bonchev–Trinajstić information content (AvgIpc) is 3.20. The summed E-state index contributed by atoms with van der Waals surface area (Å²) in [5.41, 5.74) is 6.31. The van der Waals surface area contributed by atoms with Crippen LogP contribution < -0.4 is 16.4 Å². The highest BCUT2D eigenvalue weighted by molar-refractivity contribution is 6.13. The molecule has 182 valence electrons. The van der Waals surface area contributed by atoms with E-state index in [-0.39, 0.29) is 39.4 Å². The number of benzene rings is 1. The number of hydrogen-bond donors (Lipinski definition) is 4. The Hall–Kier alpha value is -2.45. The summed E-state index contributed by atoms with van der Waals surface area (Å²) in [6.45, 7) is 1.90. The summed E-state index contributed by atoms with van der Waals surface area (Å²) in [4.78, 5) is 39.3. The zero-order chi connectivity index (χ0) is 22.8. The van der Waals surface area contributed by atoms with E-state index in [1.807, 2.05) is 30.3 Å². The predicted molar refractivity (Wildman–Crippen MR) is 128 cm³/mol. The van der Waals surface area contributed by atoms with Crippen molar-refractivity contribution in [1.82, 2.24) is 15.5 Å². The van der Waals surface area contributed by atoms with Gasteiger partial charge in [0.05, 0.1) is 5.84 Å². The minimum Gasteiger partial charge on any atom is -0.412 e. The van der Waals surface area contributed by atoms with Gasteiger partial charge in [-0.25, -0.2) is 0 Å². The van der Waals surface area contributed by atoms with E-state index >= 15 is 0 Å². The molecule has 1 aliphatic rings. The van der Waals surface area contributed by atoms with Crippen LogP contribution in [0.2, 0.25) is 0 Å². The second-order valence-electron chi connectivity index (χ2n) is 8.02. The van der Waals surface area contributed by atoms with E-state index in [0.29, 0.717) is 25.8 Å². The molecular formula is C22H36AlN5O5. The molecule has 3 atom stereocenters. The third-order valence-electron chi connectivity index (χ3n) is 5.34. The standard InChI is InChI=1S/C22H32N5O3.Al.2H2O/c1-16(28)26-18(15-17-9-4-2-5-10-17)22(30)27-14-8-11-19(27)21(29)25-13-7-3-6-12-20(23)24;;;/h2,4-5,9-10,13,18-19H,3,6-8,11-12,14-15H2,1H3,(H3,23,24)(H,25,29)(H,26,28);;2*1H2/t18-,19+;;;/m1.../s1. The monoisotopic (exact) mass is 477 g/mol. The van der Waals surface area contributed by atoms with Crippen molar-refractivity contribution in [2.24, 2.45) is 5.73 Å². The highest BCUT2D eigenvalue weighted by Gasteiger charge is 2.37. The molecule has 1 fully saturated rings. The summed E-state index contributed by atoms with van der Waals surface area (Å²) < 4.78 is 0. The Morgan fingerprint density at radius 2 is 1.85 bits per heavy atom. The summed E-state index contributed by atoms with van der Waals surface area (Å²) in [5.74, 6) is -0.490. The van der Waals surface area contributed by atoms with Crippen LogP contribution in [-0.4, -0.2) is 79.2 Å². The minimum atomic E-state index is -0.702. The van der Waals surface area contributed by atoms with Crippen molar-refractivity contribution in [2.75, 3.05) is 6.54 Å². The van der Waals surface area contributed by atoms with Gasteiger partial charge < -0.3 is 32.2 Å². The van der Waals surface area contributed by atoms with E-state index in [1.165, 1.54) is 6.92 Å². The van der Waals surface area contributed by atoms with Crippen LogP contribution in [0.4, 0.5) is 0 Å². The molecule has 2 rings (SSSR count). The number of unbranched alkanes of at least 4 members (excludes halogenated alkanes) is 1. The maximum absolute atomic E-state index is 13.3. The number of hydrogen-bond acceptors (Lipinski definition) is 4. The molecule has 0 spiro atoms. The number of amides is 3.